The van der Waals surface area contributed by atoms with E-state index in [-0.39, 0.29) is 12.3 Å². The van der Waals surface area contributed by atoms with Crippen LogP contribution in [0.3, 0.4) is 0 Å². The third-order valence-corrected chi connectivity index (χ3v) is 3.10. The molecule has 0 bridgehead atoms. The summed E-state index contributed by atoms with van der Waals surface area (Å²) in [5, 5.41) is 12.3. The minimum atomic E-state index is -0.838. The minimum absolute atomic E-state index is 0.0165. The summed E-state index contributed by atoms with van der Waals surface area (Å²) < 4.78 is 0. The summed E-state index contributed by atoms with van der Waals surface area (Å²) in [6.07, 6.45) is 0.807. The third kappa shape index (κ3) is 4.79. The van der Waals surface area contributed by atoms with Gasteiger partial charge in [-0.05, 0) is 24.1 Å². The second-order valence-corrected chi connectivity index (χ2v) is 4.74. The lowest BCUT2D eigenvalue weighted by molar-refractivity contribution is -0.138. The summed E-state index contributed by atoms with van der Waals surface area (Å²) in [7, 11) is 0. The molecule has 0 saturated heterocycles. The van der Waals surface area contributed by atoms with Crippen LogP contribution in [0.4, 0.5) is 5.69 Å². The highest BCUT2D eigenvalue weighted by Crippen LogP contribution is 2.21. The molecule has 0 aromatic heterocycles. The van der Waals surface area contributed by atoms with Gasteiger partial charge >= 0.3 is 5.97 Å². The number of amides is 1. The number of primary amides is 1. The molecule has 1 atom stereocenters. The van der Waals surface area contributed by atoms with E-state index in [9.17, 15) is 9.59 Å². The van der Waals surface area contributed by atoms with Crippen molar-refractivity contribution in [2.45, 2.75) is 19.8 Å². The highest BCUT2D eigenvalue weighted by Gasteiger charge is 2.13. The Labute approximate surface area is 116 Å². The fraction of sp³-hybridized carbons (Fsp3) is 0.385. The number of halogens is 1. The lowest BCUT2D eigenvalue weighted by atomic mass is 10.0. The second-order valence-electron chi connectivity index (χ2n) is 4.31. The number of hydrogen-bond acceptors (Lipinski definition) is 3. The Bertz CT molecular complexity index is 477. The van der Waals surface area contributed by atoms with E-state index in [1.807, 2.05) is 6.92 Å². The second kappa shape index (κ2) is 6.99. The van der Waals surface area contributed by atoms with Gasteiger partial charge in [-0.25, -0.2) is 0 Å². The Morgan fingerprint density at radius 1 is 1.47 bits per heavy atom. The van der Waals surface area contributed by atoms with Crippen molar-refractivity contribution in [1.82, 2.24) is 0 Å². The highest BCUT2D eigenvalue weighted by molar-refractivity contribution is 6.31. The van der Waals surface area contributed by atoms with Crippen molar-refractivity contribution in [3.63, 3.8) is 0 Å². The van der Waals surface area contributed by atoms with Crippen molar-refractivity contribution < 1.29 is 14.7 Å². The van der Waals surface area contributed by atoms with Crippen molar-refractivity contribution in [2.24, 2.45) is 11.7 Å². The summed E-state index contributed by atoms with van der Waals surface area (Å²) in [4.78, 5) is 22.0. The molecule has 1 amide bonds. The number of carbonyl (C=O) groups excluding carboxylic acids is 1. The molecule has 4 N–H and O–H groups in total. The monoisotopic (exact) mass is 284 g/mol. The van der Waals surface area contributed by atoms with Crippen LogP contribution in [0.5, 0.6) is 0 Å². The van der Waals surface area contributed by atoms with E-state index >= 15 is 0 Å². The maximum absolute atomic E-state index is 11.3. The zero-order chi connectivity index (χ0) is 14.4. The van der Waals surface area contributed by atoms with E-state index in [1.54, 1.807) is 18.2 Å². The van der Waals surface area contributed by atoms with Gasteiger partial charge in [-0.3, -0.25) is 9.59 Å². The Kier molecular flexibility index (Phi) is 5.63. The summed E-state index contributed by atoms with van der Waals surface area (Å²) in [6.45, 7) is 2.37. The van der Waals surface area contributed by atoms with E-state index in [0.717, 1.165) is 6.42 Å². The van der Waals surface area contributed by atoms with E-state index in [0.29, 0.717) is 22.8 Å². The van der Waals surface area contributed by atoms with Gasteiger partial charge in [0, 0.05) is 23.7 Å². The predicted molar refractivity (Wildman–Crippen MR) is 74.5 cm³/mol. The molecule has 6 heteroatoms. The van der Waals surface area contributed by atoms with Gasteiger partial charge in [-0.15, -0.1) is 0 Å². The average molecular weight is 285 g/mol. The number of anilines is 1. The van der Waals surface area contributed by atoms with Gasteiger partial charge < -0.3 is 16.2 Å². The number of nitrogens with two attached hydrogens (primary N) is 1. The van der Waals surface area contributed by atoms with Gasteiger partial charge in [0.15, 0.2) is 0 Å². The molecule has 1 aromatic carbocycles. The van der Waals surface area contributed by atoms with Gasteiger partial charge in [0.25, 0.3) is 5.91 Å². The number of carbonyl (C=O) groups is 2. The molecule has 0 aliphatic carbocycles. The Balaban J connectivity index is 2.78. The molecule has 1 unspecified atom stereocenters. The van der Waals surface area contributed by atoms with E-state index in [4.69, 9.17) is 22.4 Å². The van der Waals surface area contributed by atoms with Gasteiger partial charge in [-0.1, -0.05) is 24.9 Å². The number of carboxylic acid groups (broad SMARTS) is 1. The van der Waals surface area contributed by atoms with Gasteiger partial charge in [0.05, 0.1) is 5.56 Å². The molecule has 1 aromatic rings. The SMILES string of the molecule is CCC(CNc1cc(Cl)ccc1C(N)=O)CC(=O)O. The van der Waals surface area contributed by atoms with Crippen LogP contribution in [0, 0.1) is 5.92 Å². The molecule has 0 aliphatic rings. The van der Waals surface area contributed by atoms with Gasteiger partial charge in [0.1, 0.15) is 0 Å². The van der Waals surface area contributed by atoms with Crippen LogP contribution >= 0.6 is 11.6 Å². The van der Waals surface area contributed by atoms with Gasteiger partial charge in [-0.2, -0.15) is 0 Å². The largest absolute Gasteiger partial charge is 0.481 e. The maximum Gasteiger partial charge on any atom is 0.303 e. The van der Waals surface area contributed by atoms with E-state index < -0.39 is 11.9 Å². The zero-order valence-corrected chi connectivity index (χ0v) is 11.4. The quantitative estimate of drug-likeness (QED) is 0.716. The average Bonchev–Trinajstić information content (AvgIpc) is 2.33. The fourth-order valence-electron chi connectivity index (χ4n) is 1.74. The number of benzene rings is 1. The van der Waals surface area contributed by atoms with Gasteiger partial charge in [0.2, 0.25) is 0 Å². The molecule has 104 valence electrons. The molecule has 0 spiro atoms. The van der Waals surface area contributed by atoms with Crippen LogP contribution in [0.25, 0.3) is 0 Å². The normalized spacial score (nSPS) is 11.9. The van der Waals surface area contributed by atoms with Crippen molar-refractivity contribution in [3.8, 4) is 0 Å². The zero-order valence-electron chi connectivity index (χ0n) is 10.6. The summed E-state index contributed by atoms with van der Waals surface area (Å²) in [6, 6.07) is 4.74. The van der Waals surface area contributed by atoms with E-state index in [1.165, 1.54) is 0 Å². The highest BCUT2D eigenvalue weighted by atomic mass is 35.5. The van der Waals surface area contributed by atoms with Crippen molar-refractivity contribution in [2.75, 3.05) is 11.9 Å². The number of rotatable bonds is 7. The topological polar surface area (TPSA) is 92.4 Å². The standard InChI is InChI=1S/C13H17ClN2O3/c1-2-8(5-12(17)18)7-16-11-6-9(14)3-4-10(11)13(15)19/h3-4,6,8,16H,2,5,7H2,1H3,(H2,15,19)(H,17,18). The first-order valence-electron chi connectivity index (χ1n) is 5.99. The molecule has 5 nitrogen and oxygen atoms in total. The molecule has 0 heterocycles. The van der Waals surface area contributed by atoms with Crippen LogP contribution in [0.1, 0.15) is 30.1 Å². The summed E-state index contributed by atoms with van der Waals surface area (Å²) >= 11 is 5.87. The van der Waals surface area contributed by atoms with Crippen molar-refractivity contribution in [3.05, 3.63) is 28.8 Å². The first-order chi connectivity index (χ1) is 8.93. The molecular weight excluding hydrogens is 268 g/mol. The van der Waals surface area contributed by atoms with E-state index in [2.05, 4.69) is 5.32 Å². The number of carboxylic acids is 1. The van der Waals surface area contributed by atoms with Crippen molar-refractivity contribution in [1.29, 1.82) is 0 Å². The molecule has 0 fully saturated rings. The van der Waals surface area contributed by atoms with Crippen LogP contribution in [0.2, 0.25) is 5.02 Å². The number of hydrogen-bond donors (Lipinski definition) is 3. The van der Waals surface area contributed by atoms with Crippen LogP contribution in [-0.4, -0.2) is 23.5 Å². The number of nitrogens with one attached hydrogen (secondary N) is 1. The molecular formula is C13H17ClN2O3. The molecule has 19 heavy (non-hydrogen) atoms. The fourth-order valence-corrected chi connectivity index (χ4v) is 1.91. The maximum atomic E-state index is 11.3. The molecule has 0 saturated carbocycles. The third-order valence-electron chi connectivity index (χ3n) is 2.87. The first kappa shape index (κ1) is 15.3. The minimum Gasteiger partial charge on any atom is -0.481 e. The predicted octanol–water partition coefficient (Wildman–Crippen LogP) is 2.35. The van der Waals surface area contributed by atoms with Crippen LogP contribution in [-0.2, 0) is 4.79 Å². The summed E-state index contributed by atoms with van der Waals surface area (Å²) in [5.74, 6) is -1.41. The lowest BCUT2D eigenvalue weighted by Crippen LogP contribution is -2.20. The smallest absolute Gasteiger partial charge is 0.303 e. The number of aliphatic carboxylic acids is 1. The van der Waals surface area contributed by atoms with Crippen LogP contribution in [0.15, 0.2) is 18.2 Å². The Morgan fingerprint density at radius 2 is 2.16 bits per heavy atom. The summed E-state index contributed by atoms with van der Waals surface area (Å²) in [5.41, 5.74) is 6.14. The molecule has 0 aliphatic heterocycles. The van der Waals surface area contributed by atoms with Crippen LogP contribution < -0.4 is 11.1 Å². The van der Waals surface area contributed by atoms with Crippen molar-refractivity contribution >= 4 is 29.2 Å². The molecule has 1 rings (SSSR count). The Hall–Kier alpha value is -1.75. The first-order valence-corrected chi connectivity index (χ1v) is 6.36. The lowest BCUT2D eigenvalue weighted by Gasteiger charge is -2.16. The molecule has 0 radical (unpaired) electrons. The Morgan fingerprint density at radius 3 is 2.68 bits per heavy atom.